The van der Waals surface area contributed by atoms with Gasteiger partial charge in [-0.3, -0.25) is 0 Å². The summed E-state index contributed by atoms with van der Waals surface area (Å²) in [5.74, 6) is 0.902. The molecule has 3 aromatic rings. The van der Waals surface area contributed by atoms with Gasteiger partial charge in [-0.25, -0.2) is 4.68 Å². The molecule has 1 heterocycles. The Morgan fingerprint density at radius 1 is 0.917 bits per heavy atom. The van der Waals surface area contributed by atoms with E-state index in [1.165, 1.54) is 16.7 Å². The lowest BCUT2D eigenvalue weighted by atomic mass is 10.0. The highest BCUT2D eigenvalue weighted by Crippen LogP contribution is 2.30. The van der Waals surface area contributed by atoms with Gasteiger partial charge in [0, 0.05) is 11.3 Å². The first-order valence-electron chi connectivity index (χ1n) is 8.52. The molecule has 0 N–H and O–H groups in total. The number of ether oxygens (including phenoxy) is 1. The lowest BCUT2D eigenvalue weighted by Crippen LogP contribution is -1.99. The minimum Gasteiger partial charge on any atom is -0.494 e. The van der Waals surface area contributed by atoms with Crippen molar-refractivity contribution in [3.8, 4) is 22.6 Å². The Morgan fingerprint density at radius 3 is 2.17 bits per heavy atom. The number of aryl methyl sites for hydroxylation is 2. The molecular formula is C21H24N2O. The molecule has 0 unspecified atom stereocenters. The monoisotopic (exact) mass is 320 g/mol. The molecule has 3 nitrogen and oxygen atoms in total. The van der Waals surface area contributed by atoms with Crippen LogP contribution in [-0.2, 0) is 6.42 Å². The number of hydrogen-bond donors (Lipinski definition) is 0. The molecule has 3 rings (SSSR count). The molecule has 0 atom stereocenters. The van der Waals surface area contributed by atoms with Crippen LogP contribution in [0.2, 0.25) is 0 Å². The van der Waals surface area contributed by atoms with Crippen LogP contribution in [0.3, 0.4) is 0 Å². The fourth-order valence-electron chi connectivity index (χ4n) is 3.07. The minimum atomic E-state index is 0.684. The summed E-state index contributed by atoms with van der Waals surface area (Å²) < 4.78 is 7.56. The summed E-state index contributed by atoms with van der Waals surface area (Å²) in [6, 6.07) is 16.9. The molecule has 0 saturated heterocycles. The molecule has 0 radical (unpaired) electrons. The molecule has 2 aromatic carbocycles. The zero-order valence-corrected chi connectivity index (χ0v) is 14.8. The van der Waals surface area contributed by atoms with Crippen molar-refractivity contribution in [3.05, 3.63) is 65.5 Å². The van der Waals surface area contributed by atoms with Gasteiger partial charge in [0.15, 0.2) is 0 Å². The lowest BCUT2D eigenvalue weighted by molar-refractivity contribution is 0.340. The van der Waals surface area contributed by atoms with E-state index in [0.717, 1.165) is 29.2 Å². The summed E-state index contributed by atoms with van der Waals surface area (Å²) in [6.45, 7) is 9.04. The second-order valence-corrected chi connectivity index (χ2v) is 5.94. The van der Waals surface area contributed by atoms with Crippen LogP contribution in [0.25, 0.3) is 16.8 Å². The molecule has 0 amide bonds. The molecular weight excluding hydrogens is 296 g/mol. The van der Waals surface area contributed by atoms with Crippen molar-refractivity contribution < 1.29 is 4.74 Å². The topological polar surface area (TPSA) is 27.1 Å². The van der Waals surface area contributed by atoms with Crippen LogP contribution in [-0.4, -0.2) is 16.4 Å². The van der Waals surface area contributed by atoms with Crippen molar-refractivity contribution >= 4 is 0 Å². The van der Waals surface area contributed by atoms with E-state index in [-0.39, 0.29) is 0 Å². The minimum absolute atomic E-state index is 0.684. The molecule has 0 bridgehead atoms. The van der Waals surface area contributed by atoms with E-state index >= 15 is 0 Å². The van der Waals surface area contributed by atoms with Crippen LogP contribution in [0.1, 0.15) is 30.8 Å². The van der Waals surface area contributed by atoms with Gasteiger partial charge in [0.2, 0.25) is 0 Å². The highest BCUT2D eigenvalue weighted by Gasteiger charge is 2.14. The standard InChI is InChI=1S/C21H24N2O/c1-5-17-7-11-19(12-8-17)23-16(4)21(15(3)22-23)18-9-13-20(14-10-18)24-6-2/h7-14H,5-6H2,1-4H3. The Morgan fingerprint density at radius 2 is 1.58 bits per heavy atom. The lowest BCUT2D eigenvalue weighted by Gasteiger charge is -2.08. The van der Waals surface area contributed by atoms with Gasteiger partial charge in [-0.2, -0.15) is 5.10 Å². The van der Waals surface area contributed by atoms with Gasteiger partial charge >= 0.3 is 0 Å². The quantitative estimate of drug-likeness (QED) is 0.652. The van der Waals surface area contributed by atoms with Crippen LogP contribution in [0.5, 0.6) is 5.75 Å². The van der Waals surface area contributed by atoms with Gasteiger partial charge in [-0.1, -0.05) is 31.2 Å². The van der Waals surface area contributed by atoms with Gasteiger partial charge in [0.25, 0.3) is 0 Å². The molecule has 0 fully saturated rings. The van der Waals surface area contributed by atoms with Gasteiger partial charge in [-0.15, -0.1) is 0 Å². The highest BCUT2D eigenvalue weighted by atomic mass is 16.5. The molecule has 3 heteroatoms. The fraction of sp³-hybridized carbons (Fsp3) is 0.286. The van der Waals surface area contributed by atoms with E-state index in [9.17, 15) is 0 Å². The number of hydrogen-bond acceptors (Lipinski definition) is 2. The van der Waals surface area contributed by atoms with Gasteiger partial charge in [0.05, 0.1) is 18.0 Å². The summed E-state index contributed by atoms with van der Waals surface area (Å²) in [7, 11) is 0. The zero-order chi connectivity index (χ0) is 17.1. The first-order chi connectivity index (χ1) is 11.6. The third-order valence-electron chi connectivity index (χ3n) is 4.33. The molecule has 0 spiro atoms. The highest BCUT2D eigenvalue weighted by molar-refractivity contribution is 5.69. The van der Waals surface area contributed by atoms with Crippen LogP contribution >= 0.6 is 0 Å². The first-order valence-corrected chi connectivity index (χ1v) is 8.52. The Balaban J connectivity index is 1.99. The van der Waals surface area contributed by atoms with E-state index in [0.29, 0.717) is 6.61 Å². The Hall–Kier alpha value is -2.55. The third kappa shape index (κ3) is 3.07. The van der Waals surface area contributed by atoms with E-state index in [1.807, 2.05) is 23.7 Å². The fourth-order valence-corrected chi connectivity index (χ4v) is 3.07. The van der Waals surface area contributed by atoms with Crippen molar-refractivity contribution in [1.29, 1.82) is 0 Å². The Bertz CT molecular complexity index is 814. The van der Waals surface area contributed by atoms with E-state index < -0.39 is 0 Å². The maximum Gasteiger partial charge on any atom is 0.119 e. The van der Waals surface area contributed by atoms with Crippen molar-refractivity contribution in [2.75, 3.05) is 6.61 Å². The van der Waals surface area contributed by atoms with E-state index in [2.05, 4.69) is 57.2 Å². The largest absolute Gasteiger partial charge is 0.494 e. The summed E-state index contributed by atoms with van der Waals surface area (Å²) in [4.78, 5) is 0. The van der Waals surface area contributed by atoms with Crippen LogP contribution in [0, 0.1) is 13.8 Å². The van der Waals surface area contributed by atoms with Crippen molar-refractivity contribution in [2.45, 2.75) is 34.1 Å². The normalized spacial score (nSPS) is 10.8. The van der Waals surface area contributed by atoms with Crippen molar-refractivity contribution in [2.24, 2.45) is 0 Å². The maximum atomic E-state index is 5.53. The smallest absolute Gasteiger partial charge is 0.119 e. The van der Waals surface area contributed by atoms with Gasteiger partial charge < -0.3 is 4.74 Å². The number of nitrogens with zero attached hydrogens (tertiary/aromatic N) is 2. The molecule has 0 aliphatic carbocycles. The number of benzene rings is 2. The summed E-state index contributed by atoms with van der Waals surface area (Å²) in [5, 5.41) is 4.76. The number of rotatable bonds is 5. The predicted octanol–water partition coefficient (Wildman–Crippen LogP) is 5.12. The van der Waals surface area contributed by atoms with Crippen LogP contribution in [0.15, 0.2) is 48.5 Å². The maximum absolute atomic E-state index is 5.53. The molecule has 0 aliphatic heterocycles. The Kier molecular flexibility index (Phi) is 4.70. The SMILES string of the molecule is CCOc1ccc(-c2c(C)nn(-c3ccc(CC)cc3)c2C)cc1. The second-order valence-electron chi connectivity index (χ2n) is 5.94. The summed E-state index contributed by atoms with van der Waals surface area (Å²) >= 11 is 0. The Labute approximate surface area is 143 Å². The molecule has 0 saturated carbocycles. The molecule has 0 aliphatic rings. The molecule has 124 valence electrons. The van der Waals surface area contributed by atoms with Crippen LogP contribution in [0.4, 0.5) is 0 Å². The average Bonchev–Trinajstić information content (AvgIpc) is 2.91. The predicted molar refractivity (Wildman–Crippen MR) is 99.0 cm³/mol. The van der Waals surface area contributed by atoms with Gasteiger partial charge in [0.1, 0.15) is 5.75 Å². The van der Waals surface area contributed by atoms with Gasteiger partial charge in [-0.05, 0) is 62.6 Å². The van der Waals surface area contributed by atoms with E-state index in [4.69, 9.17) is 9.84 Å². The third-order valence-corrected chi connectivity index (χ3v) is 4.33. The van der Waals surface area contributed by atoms with Crippen molar-refractivity contribution in [3.63, 3.8) is 0 Å². The van der Waals surface area contributed by atoms with E-state index in [1.54, 1.807) is 0 Å². The van der Waals surface area contributed by atoms with Crippen molar-refractivity contribution in [1.82, 2.24) is 9.78 Å². The summed E-state index contributed by atoms with van der Waals surface area (Å²) in [5.41, 5.74) is 7.00. The first kappa shape index (κ1) is 16.3. The average molecular weight is 320 g/mol. The molecule has 1 aromatic heterocycles. The molecule has 24 heavy (non-hydrogen) atoms. The zero-order valence-electron chi connectivity index (χ0n) is 14.8. The second kappa shape index (κ2) is 6.91. The number of aromatic nitrogens is 2. The van der Waals surface area contributed by atoms with Crippen LogP contribution < -0.4 is 4.74 Å². The summed E-state index contributed by atoms with van der Waals surface area (Å²) in [6.07, 6.45) is 1.05.